The number of aliphatic hydroxyl groups is 1. The highest BCUT2D eigenvalue weighted by Gasteiger charge is 2.14. The molecule has 3 N–H and O–H groups in total. The molecule has 0 unspecified atom stereocenters. The lowest BCUT2D eigenvalue weighted by atomic mass is 10.1. The fourth-order valence-electron chi connectivity index (χ4n) is 1.39. The van der Waals surface area contributed by atoms with Crippen LogP contribution >= 0.6 is 15.9 Å². The van der Waals surface area contributed by atoms with Crippen molar-refractivity contribution in [2.45, 2.75) is 19.9 Å². The van der Waals surface area contributed by atoms with E-state index in [4.69, 9.17) is 9.84 Å². The van der Waals surface area contributed by atoms with E-state index in [2.05, 4.69) is 26.6 Å². The Morgan fingerprint density at radius 3 is 2.68 bits per heavy atom. The molecule has 0 radical (unpaired) electrons. The van der Waals surface area contributed by atoms with Crippen LogP contribution in [0.1, 0.15) is 13.8 Å². The summed E-state index contributed by atoms with van der Waals surface area (Å²) in [6.07, 6.45) is 0. The molecule has 0 saturated carbocycles. The number of anilines is 1. The van der Waals surface area contributed by atoms with E-state index in [1.54, 1.807) is 25.3 Å². The van der Waals surface area contributed by atoms with Crippen molar-refractivity contribution in [2.24, 2.45) is 5.92 Å². The Bertz CT molecular complexity index is 440. The predicted molar refractivity (Wildman–Crippen MR) is 78.6 cm³/mol. The van der Waals surface area contributed by atoms with E-state index in [0.717, 1.165) is 4.47 Å². The van der Waals surface area contributed by atoms with Crippen LogP contribution in [0.25, 0.3) is 0 Å². The van der Waals surface area contributed by atoms with E-state index < -0.39 is 0 Å². The fourth-order valence-corrected chi connectivity index (χ4v) is 1.85. The summed E-state index contributed by atoms with van der Waals surface area (Å²) in [5, 5.41) is 14.5. The summed E-state index contributed by atoms with van der Waals surface area (Å²) >= 11 is 3.36. The third-order valence-electron chi connectivity index (χ3n) is 2.92. The van der Waals surface area contributed by atoms with Gasteiger partial charge < -0.3 is 20.5 Å². The first-order valence-electron chi connectivity index (χ1n) is 5.99. The molecule has 0 spiro atoms. The zero-order chi connectivity index (χ0) is 14.4. The lowest BCUT2D eigenvalue weighted by Gasteiger charge is -2.19. The maximum absolute atomic E-state index is 11.8. The number of hydrogen-bond acceptors (Lipinski definition) is 3. The molecule has 1 aromatic carbocycles. The van der Waals surface area contributed by atoms with Gasteiger partial charge in [-0.3, -0.25) is 0 Å². The molecule has 0 bridgehead atoms. The third-order valence-corrected chi connectivity index (χ3v) is 3.58. The number of ether oxygens (including phenoxy) is 1. The first-order chi connectivity index (χ1) is 8.97. The third kappa shape index (κ3) is 4.72. The van der Waals surface area contributed by atoms with Crippen LogP contribution in [0.5, 0.6) is 5.75 Å². The van der Waals surface area contributed by atoms with Crippen LogP contribution in [-0.4, -0.2) is 30.9 Å². The van der Waals surface area contributed by atoms with E-state index >= 15 is 0 Å². The number of urea groups is 1. The number of halogens is 1. The van der Waals surface area contributed by atoms with Gasteiger partial charge in [0.25, 0.3) is 0 Å². The molecule has 5 nitrogen and oxygen atoms in total. The van der Waals surface area contributed by atoms with Gasteiger partial charge in [0.1, 0.15) is 5.75 Å². The van der Waals surface area contributed by atoms with Crippen molar-refractivity contribution in [3.05, 3.63) is 22.7 Å². The minimum absolute atomic E-state index is 0.00468. The lowest BCUT2D eigenvalue weighted by Crippen LogP contribution is -2.40. The Hall–Kier alpha value is -1.27. The van der Waals surface area contributed by atoms with Gasteiger partial charge in [0.15, 0.2) is 0 Å². The van der Waals surface area contributed by atoms with Gasteiger partial charge in [0.05, 0.1) is 12.8 Å². The molecular formula is C13H19BrN2O3. The van der Waals surface area contributed by atoms with E-state index in [1.165, 1.54) is 0 Å². The summed E-state index contributed by atoms with van der Waals surface area (Å²) in [6, 6.07) is 4.87. The monoisotopic (exact) mass is 330 g/mol. The van der Waals surface area contributed by atoms with Crippen molar-refractivity contribution >= 4 is 27.6 Å². The van der Waals surface area contributed by atoms with Gasteiger partial charge in [0.2, 0.25) is 0 Å². The summed E-state index contributed by atoms with van der Waals surface area (Å²) in [5.41, 5.74) is 0.655. The summed E-state index contributed by atoms with van der Waals surface area (Å²) in [7, 11) is 1.58. The van der Waals surface area contributed by atoms with Gasteiger partial charge in [0, 0.05) is 17.1 Å². The van der Waals surface area contributed by atoms with Crippen LogP contribution in [0.4, 0.5) is 10.5 Å². The number of methoxy groups -OCH3 is 1. The summed E-state index contributed by atoms with van der Waals surface area (Å²) in [6.45, 7) is 3.76. The SMILES string of the molecule is COc1ccc(NC(=O)N[C@H](C)[C@@H](C)CO)c(Br)c1. The topological polar surface area (TPSA) is 70.6 Å². The normalized spacial score (nSPS) is 13.5. The Morgan fingerprint density at radius 1 is 1.47 bits per heavy atom. The van der Waals surface area contributed by atoms with Crippen molar-refractivity contribution in [1.82, 2.24) is 5.32 Å². The van der Waals surface area contributed by atoms with E-state index in [1.807, 2.05) is 13.8 Å². The van der Waals surface area contributed by atoms with Crippen LogP contribution < -0.4 is 15.4 Å². The molecule has 1 rings (SSSR count). The standard InChI is InChI=1S/C13H19BrN2O3/c1-8(7-17)9(2)15-13(18)16-12-5-4-10(19-3)6-11(12)14/h4-6,8-9,17H,7H2,1-3H3,(H2,15,16,18)/t8-,9+/m0/s1. The molecular weight excluding hydrogens is 312 g/mol. The molecule has 2 amide bonds. The molecule has 0 aliphatic heterocycles. The van der Waals surface area contributed by atoms with Crippen molar-refractivity contribution in [1.29, 1.82) is 0 Å². The number of amides is 2. The summed E-state index contributed by atoms with van der Waals surface area (Å²) in [4.78, 5) is 11.8. The average molecular weight is 331 g/mol. The zero-order valence-electron chi connectivity index (χ0n) is 11.2. The summed E-state index contributed by atoms with van der Waals surface area (Å²) in [5.74, 6) is 0.713. The Labute approximate surface area is 121 Å². The van der Waals surface area contributed by atoms with Gasteiger partial charge in [-0.15, -0.1) is 0 Å². The fraction of sp³-hybridized carbons (Fsp3) is 0.462. The molecule has 0 aliphatic rings. The number of aliphatic hydroxyl groups excluding tert-OH is 1. The van der Waals surface area contributed by atoms with Gasteiger partial charge in [-0.2, -0.15) is 0 Å². The van der Waals surface area contributed by atoms with Crippen molar-refractivity contribution in [3.63, 3.8) is 0 Å². The van der Waals surface area contributed by atoms with Crippen molar-refractivity contribution in [2.75, 3.05) is 19.0 Å². The molecule has 2 atom stereocenters. The van der Waals surface area contributed by atoms with Crippen LogP contribution in [0, 0.1) is 5.92 Å². The predicted octanol–water partition coefficient (Wildman–Crippen LogP) is 2.60. The molecule has 0 heterocycles. The van der Waals surface area contributed by atoms with Crippen molar-refractivity contribution in [3.8, 4) is 5.75 Å². The highest BCUT2D eigenvalue weighted by atomic mass is 79.9. The van der Waals surface area contributed by atoms with Gasteiger partial charge in [-0.1, -0.05) is 6.92 Å². The molecule has 0 aliphatic carbocycles. The maximum Gasteiger partial charge on any atom is 0.319 e. The lowest BCUT2D eigenvalue weighted by molar-refractivity contribution is 0.204. The Balaban J connectivity index is 2.62. The van der Waals surface area contributed by atoms with Gasteiger partial charge in [-0.25, -0.2) is 4.79 Å². The Morgan fingerprint density at radius 2 is 2.16 bits per heavy atom. The zero-order valence-corrected chi connectivity index (χ0v) is 12.8. The molecule has 0 fully saturated rings. The molecule has 0 saturated heterocycles. The van der Waals surface area contributed by atoms with Crippen LogP contribution in [0.15, 0.2) is 22.7 Å². The van der Waals surface area contributed by atoms with E-state index in [0.29, 0.717) is 11.4 Å². The number of carbonyl (C=O) groups is 1. The largest absolute Gasteiger partial charge is 0.497 e. The smallest absolute Gasteiger partial charge is 0.319 e. The van der Waals surface area contributed by atoms with Crippen LogP contribution in [-0.2, 0) is 0 Å². The second-order valence-electron chi connectivity index (χ2n) is 4.39. The van der Waals surface area contributed by atoms with Crippen LogP contribution in [0.2, 0.25) is 0 Å². The molecule has 6 heteroatoms. The van der Waals surface area contributed by atoms with E-state index in [-0.39, 0.29) is 24.6 Å². The minimum atomic E-state index is -0.307. The van der Waals surface area contributed by atoms with Crippen LogP contribution in [0.3, 0.4) is 0 Å². The second kappa shape index (κ2) is 7.35. The minimum Gasteiger partial charge on any atom is -0.497 e. The van der Waals surface area contributed by atoms with Crippen molar-refractivity contribution < 1.29 is 14.6 Å². The highest BCUT2D eigenvalue weighted by Crippen LogP contribution is 2.26. The quantitative estimate of drug-likeness (QED) is 0.777. The number of carbonyl (C=O) groups excluding carboxylic acids is 1. The van der Waals surface area contributed by atoms with Gasteiger partial charge in [-0.05, 0) is 47.0 Å². The number of nitrogens with one attached hydrogen (secondary N) is 2. The average Bonchev–Trinajstić information content (AvgIpc) is 2.39. The molecule has 106 valence electrons. The first-order valence-corrected chi connectivity index (χ1v) is 6.79. The van der Waals surface area contributed by atoms with E-state index in [9.17, 15) is 4.79 Å². The first kappa shape index (κ1) is 15.8. The molecule has 0 aromatic heterocycles. The number of rotatable bonds is 5. The number of hydrogen-bond donors (Lipinski definition) is 3. The molecule has 1 aromatic rings. The maximum atomic E-state index is 11.8. The summed E-state index contributed by atoms with van der Waals surface area (Å²) < 4.78 is 5.82. The molecule has 19 heavy (non-hydrogen) atoms. The highest BCUT2D eigenvalue weighted by molar-refractivity contribution is 9.10. The Kier molecular flexibility index (Phi) is 6.11. The number of benzene rings is 1. The van der Waals surface area contributed by atoms with Gasteiger partial charge >= 0.3 is 6.03 Å². The second-order valence-corrected chi connectivity index (χ2v) is 5.25.